The molecule has 1 saturated heterocycles. The van der Waals surface area contributed by atoms with Gasteiger partial charge in [-0.1, -0.05) is 0 Å². The first kappa shape index (κ1) is 9.19. The van der Waals surface area contributed by atoms with Crippen LogP contribution >= 0.6 is 0 Å². The average molecular weight is 170 g/mol. The second-order valence-electron chi connectivity index (χ2n) is 2.76. The van der Waals surface area contributed by atoms with Crippen molar-refractivity contribution < 1.29 is 14.3 Å². The summed E-state index contributed by atoms with van der Waals surface area (Å²) in [7, 11) is 1.50. The molecule has 0 aromatic heterocycles. The van der Waals surface area contributed by atoms with Crippen LogP contribution in [0.2, 0.25) is 0 Å². The quantitative estimate of drug-likeness (QED) is 0.559. The lowest BCUT2D eigenvalue weighted by Crippen LogP contribution is -2.36. The van der Waals surface area contributed by atoms with Gasteiger partial charge in [0.15, 0.2) is 0 Å². The molecule has 1 radical (unpaired) electrons. The highest BCUT2D eigenvalue weighted by atomic mass is 16.5. The van der Waals surface area contributed by atoms with E-state index in [0.717, 1.165) is 0 Å². The van der Waals surface area contributed by atoms with Crippen molar-refractivity contribution >= 4 is 11.8 Å². The fourth-order valence-electron chi connectivity index (χ4n) is 1.10. The number of carbonyl (C=O) groups excluding carboxylic acids is 2. The van der Waals surface area contributed by atoms with Crippen LogP contribution in [0.3, 0.4) is 0 Å². The SMILES string of the molecule is [CH2]C(CN1C(=O)CCC1=O)OC. The van der Waals surface area contributed by atoms with Crippen molar-refractivity contribution in [1.82, 2.24) is 4.90 Å². The Kier molecular flexibility index (Phi) is 2.81. The Morgan fingerprint density at radius 2 is 2.00 bits per heavy atom. The molecule has 1 aliphatic heterocycles. The van der Waals surface area contributed by atoms with E-state index < -0.39 is 0 Å². The first-order valence-electron chi connectivity index (χ1n) is 3.84. The number of likely N-dealkylation sites (tertiary alicyclic amines) is 1. The van der Waals surface area contributed by atoms with Crippen LogP contribution in [0.25, 0.3) is 0 Å². The molecule has 0 saturated carbocycles. The molecule has 0 bridgehead atoms. The summed E-state index contributed by atoms with van der Waals surface area (Å²) in [6.45, 7) is 3.89. The molecule has 1 aliphatic rings. The van der Waals surface area contributed by atoms with Crippen molar-refractivity contribution in [2.75, 3.05) is 13.7 Å². The highest BCUT2D eigenvalue weighted by molar-refractivity contribution is 6.01. The van der Waals surface area contributed by atoms with Crippen molar-refractivity contribution in [1.29, 1.82) is 0 Å². The van der Waals surface area contributed by atoms with Crippen molar-refractivity contribution in [3.05, 3.63) is 6.92 Å². The normalized spacial score (nSPS) is 20.3. The van der Waals surface area contributed by atoms with E-state index in [1.54, 1.807) is 0 Å². The number of rotatable bonds is 3. The molecule has 0 N–H and O–H groups in total. The van der Waals surface area contributed by atoms with Crippen LogP contribution in [0, 0.1) is 6.92 Å². The molecule has 1 fully saturated rings. The zero-order valence-corrected chi connectivity index (χ0v) is 7.08. The van der Waals surface area contributed by atoms with Crippen LogP contribution in [0.15, 0.2) is 0 Å². The minimum absolute atomic E-state index is 0.120. The van der Waals surface area contributed by atoms with Crippen LogP contribution in [-0.4, -0.2) is 36.5 Å². The highest BCUT2D eigenvalue weighted by Gasteiger charge is 2.29. The summed E-state index contributed by atoms with van der Waals surface area (Å²) in [5.41, 5.74) is 0. The molecule has 67 valence electrons. The topological polar surface area (TPSA) is 46.6 Å². The minimum Gasteiger partial charge on any atom is -0.380 e. The average Bonchev–Trinajstić information content (AvgIpc) is 2.35. The van der Waals surface area contributed by atoms with Crippen LogP contribution in [0.4, 0.5) is 0 Å². The Balaban J connectivity index is 2.50. The first-order chi connectivity index (χ1) is 5.65. The van der Waals surface area contributed by atoms with E-state index in [1.165, 1.54) is 12.0 Å². The van der Waals surface area contributed by atoms with E-state index in [4.69, 9.17) is 4.74 Å². The standard InChI is InChI=1S/C8H12NO3/c1-6(12-2)5-9-7(10)3-4-8(9)11/h6H,1,3-5H2,2H3. The van der Waals surface area contributed by atoms with Gasteiger partial charge in [0.1, 0.15) is 0 Å². The molecule has 1 atom stereocenters. The van der Waals surface area contributed by atoms with Gasteiger partial charge in [0.2, 0.25) is 11.8 Å². The Morgan fingerprint density at radius 1 is 1.50 bits per heavy atom. The largest absolute Gasteiger partial charge is 0.380 e. The van der Waals surface area contributed by atoms with Crippen LogP contribution < -0.4 is 0 Å². The smallest absolute Gasteiger partial charge is 0.229 e. The molecule has 4 heteroatoms. The molecule has 2 amide bonds. The molecule has 0 aromatic carbocycles. The van der Waals surface area contributed by atoms with Gasteiger partial charge in [0.05, 0.1) is 12.6 Å². The van der Waals surface area contributed by atoms with Gasteiger partial charge >= 0.3 is 0 Å². The molecule has 4 nitrogen and oxygen atoms in total. The molecule has 0 spiro atoms. The molecule has 1 unspecified atom stereocenters. The fraction of sp³-hybridized carbons (Fsp3) is 0.625. The van der Waals surface area contributed by atoms with Crippen LogP contribution in [0.5, 0.6) is 0 Å². The molecule has 12 heavy (non-hydrogen) atoms. The summed E-state index contributed by atoms with van der Waals surface area (Å²) in [5.74, 6) is -0.239. The van der Waals surface area contributed by atoms with E-state index in [2.05, 4.69) is 6.92 Å². The molecular weight excluding hydrogens is 158 g/mol. The monoisotopic (exact) mass is 170 g/mol. The van der Waals surface area contributed by atoms with Gasteiger partial charge in [-0.25, -0.2) is 0 Å². The number of hydrogen-bond donors (Lipinski definition) is 0. The predicted molar refractivity (Wildman–Crippen MR) is 42.1 cm³/mol. The maximum absolute atomic E-state index is 11.1. The van der Waals surface area contributed by atoms with E-state index in [1.807, 2.05) is 0 Å². The van der Waals surface area contributed by atoms with Crippen LogP contribution in [0.1, 0.15) is 12.8 Å². The molecular formula is C8H12NO3. The third-order valence-corrected chi connectivity index (χ3v) is 1.87. The maximum atomic E-state index is 11.1. The van der Waals surface area contributed by atoms with Crippen molar-refractivity contribution in [3.63, 3.8) is 0 Å². The lowest BCUT2D eigenvalue weighted by Gasteiger charge is -2.17. The first-order valence-corrected chi connectivity index (χ1v) is 3.84. The van der Waals surface area contributed by atoms with E-state index in [-0.39, 0.29) is 24.5 Å². The Labute approximate surface area is 71.5 Å². The zero-order chi connectivity index (χ0) is 9.14. The molecule has 0 aliphatic carbocycles. The summed E-state index contributed by atoms with van der Waals surface area (Å²) < 4.78 is 4.85. The van der Waals surface area contributed by atoms with Crippen molar-refractivity contribution in [2.24, 2.45) is 0 Å². The maximum Gasteiger partial charge on any atom is 0.229 e. The summed E-state index contributed by atoms with van der Waals surface area (Å²) >= 11 is 0. The van der Waals surface area contributed by atoms with E-state index >= 15 is 0 Å². The van der Waals surface area contributed by atoms with Gasteiger partial charge in [-0.2, -0.15) is 0 Å². The lowest BCUT2D eigenvalue weighted by atomic mass is 10.3. The number of ether oxygens (including phenoxy) is 1. The van der Waals surface area contributed by atoms with Gasteiger partial charge in [-0.3, -0.25) is 14.5 Å². The summed E-state index contributed by atoms with van der Waals surface area (Å²) in [5, 5.41) is 0. The van der Waals surface area contributed by atoms with E-state index in [0.29, 0.717) is 12.8 Å². The Hall–Kier alpha value is -0.900. The van der Waals surface area contributed by atoms with Gasteiger partial charge < -0.3 is 4.74 Å². The Morgan fingerprint density at radius 3 is 2.42 bits per heavy atom. The summed E-state index contributed by atoms with van der Waals surface area (Å²) in [4.78, 5) is 23.3. The lowest BCUT2D eigenvalue weighted by molar-refractivity contribution is -0.139. The third kappa shape index (κ3) is 1.82. The molecule has 1 rings (SSSR count). The fourth-order valence-corrected chi connectivity index (χ4v) is 1.10. The molecule has 1 heterocycles. The predicted octanol–water partition coefficient (Wildman–Crippen LogP) is -0.0155. The minimum atomic E-state index is -0.323. The Bertz CT molecular complexity index is 186. The second kappa shape index (κ2) is 3.67. The number of methoxy groups -OCH3 is 1. The number of imide groups is 1. The highest BCUT2D eigenvalue weighted by Crippen LogP contribution is 2.12. The van der Waals surface area contributed by atoms with Gasteiger partial charge in [0.25, 0.3) is 0 Å². The summed E-state index contributed by atoms with van der Waals surface area (Å²) in [6, 6.07) is 0. The number of hydrogen-bond acceptors (Lipinski definition) is 3. The number of amides is 2. The third-order valence-electron chi connectivity index (χ3n) is 1.87. The van der Waals surface area contributed by atoms with Crippen molar-refractivity contribution in [3.8, 4) is 0 Å². The number of nitrogens with zero attached hydrogens (tertiary/aromatic N) is 1. The molecule has 0 aromatic rings. The van der Waals surface area contributed by atoms with Crippen molar-refractivity contribution in [2.45, 2.75) is 18.9 Å². The summed E-state index contributed by atoms with van der Waals surface area (Å²) in [6.07, 6.45) is 0.334. The van der Waals surface area contributed by atoms with Gasteiger partial charge in [-0.15, -0.1) is 0 Å². The van der Waals surface area contributed by atoms with Gasteiger partial charge in [-0.05, 0) is 6.92 Å². The number of carbonyl (C=O) groups is 2. The second-order valence-corrected chi connectivity index (χ2v) is 2.76. The van der Waals surface area contributed by atoms with Gasteiger partial charge in [0, 0.05) is 20.0 Å². The zero-order valence-electron chi connectivity index (χ0n) is 7.08. The van der Waals surface area contributed by atoms with E-state index in [9.17, 15) is 9.59 Å². The van der Waals surface area contributed by atoms with Crippen LogP contribution in [-0.2, 0) is 14.3 Å².